The fourth-order valence-corrected chi connectivity index (χ4v) is 4.13. The number of benzene rings is 2. The second-order valence-corrected chi connectivity index (χ2v) is 7.82. The minimum absolute atomic E-state index is 0.0211. The largest absolute Gasteiger partial charge is 0.507 e. The molecule has 2 aliphatic rings. The lowest BCUT2D eigenvalue weighted by molar-refractivity contribution is 0.0414. The molecule has 0 saturated carbocycles. The Morgan fingerprint density at radius 2 is 1.53 bits per heavy atom. The molecule has 2 aromatic carbocycles. The van der Waals surface area contributed by atoms with Crippen LogP contribution in [-0.2, 0) is 4.74 Å². The lowest BCUT2D eigenvalue weighted by Gasteiger charge is -2.34. The van der Waals surface area contributed by atoms with Crippen molar-refractivity contribution in [2.24, 2.45) is 0 Å². The van der Waals surface area contributed by atoms with Gasteiger partial charge in [0.2, 0.25) is 5.78 Å². The number of carbonyl (C=O) groups excluding carboxylic acids is 3. The van der Waals surface area contributed by atoms with Crippen LogP contribution >= 0.6 is 0 Å². The number of nitrogens with zero attached hydrogens (tertiary/aromatic N) is 2. The second kappa shape index (κ2) is 9.07. The van der Waals surface area contributed by atoms with Crippen LogP contribution in [0.1, 0.15) is 42.2 Å². The van der Waals surface area contributed by atoms with Crippen LogP contribution in [0.2, 0.25) is 0 Å². The van der Waals surface area contributed by atoms with Gasteiger partial charge in [-0.3, -0.25) is 19.4 Å². The smallest absolute Gasteiger partial charge is 0.338 e. The van der Waals surface area contributed by atoms with Crippen LogP contribution in [0.25, 0.3) is 0 Å². The number of phenolic OH excluding ortho intramolecular Hbond substituents is 2. The quantitative estimate of drug-likeness (QED) is 0.473. The number of rotatable bonds is 6. The van der Waals surface area contributed by atoms with Crippen molar-refractivity contribution in [3.05, 3.63) is 58.1 Å². The Morgan fingerprint density at radius 1 is 0.875 bits per heavy atom. The summed E-state index contributed by atoms with van der Waals surface area (Å²) in [5.41, 5.74) is -0.498. The first-order chi connectivity index (χ1) is 15.4. The van der Waals surface area contributed by atoms with E-state index in [-0.39, 0.29) is 46.8 Å². The van der Waals surface area contributed by atoms with E-state index in [1.165, 1.54) is 24.3 Å². The van der Waals surface area contributed by atoms with Gasteiger partial charge in [0, 0.05) is 50.4 Å². The molecule has 0 spiro atoms. The number of aliphatic hydroxyl groups excluding tert-OH is 1. The molecule has 1 heterocycles. The molecule has 0 atom stereocenters. The van der Waals surface area contributed by atoms with Gasteiger partial charge < -0.3 is 20.1 Å². The zero-order chi connectivity index (χ0) is 22.8. The topological polar surface area (TPSA) is 128 Å². The van der Waals surface area contributed by atoms with Crippen molar-refractivity contribution >= 4 is 17.5 Å². The molecule has 1 aliphatic heterocycles. The highest BCUT2D eigenvalue weighted by Crippen LogP contribution is 2.37. The van der Waals surface area contributed by atoms with E-state index < -0.39 is 23.3 Å². The molecule has 32 heavy (non-hydrogen) atoms. The van der Waals surface area contributed by atoms with Crippen LogP contribution < -0.4 is 0 Å². The number of β-amino-alcohol motifs (C(OH)–C–C–N with tert-alkyl or cyclic N) is 1. The van der Waals surface area contributed by atoms with E-state index in [1.807, 2.05) is 0 Å². The molecule has 9 heteroatoms. The summed E-state index contributed by atoms with van der Waals surface area (Å²) in [6.45, 7) is 4.74. The summed E-state index contributed by atoms with van der Waals surface area (Å²) >= 11 is 0. The third-order valence-corrected chi connectivity index (χ3v) is 5.86. The first-order valence-corrected chi connectivity index (χ1v) is 10.4. The van der Waals surface area contributed by atoms with Crippen LogP contribution in [-0.4, -0.2) is 95.1 Å². The van der Waals surface area contributed by atoms with E-state index in [0.29, 0.717) is 13.1 Å². The Labute approximate surface area is 184 Å². The highest BCUT2D eigenvalue weighted by molar-refractivity contribution is 6.30. The number of ether oxygens (including phenoxy) is 1. The predicted molar refractivity (Wildman–Crippen MR) is 113 cm³/mol. The van der Waals surface area contributed by atoms with Gasteiger partial charge in [-0.2, -0.15) is 0 Å². The van der Waals surface area contributed by atoms with Crippen LogP contribution in [0.5, 0.6) is 11.5 Å². The van der Waals surface area contributed by atoms with Gasteiger partial charge in [0.1, 0.15) is 18.1 Å². The summed E-state index contributed by atoms with van der Waals surface area (Å²) in [6, 6.07) is 6.51. The SMILES string of the molecule is O=C(OCCN1CCN(CCO)CC1)c1cc(O)c2c(c1)C(=O)c1cccc(O)c1C2=O. The van der Waals surface area contributed by atoms with Crippen molar-refractivity contribution in [2.75, 3.05) is 52.5 Å². The number of esters is 1. The Balaban J connectivity index is 1.44. The Bertz CT molecular complexity index is 1070. The first-order valence-electron chi connectivity index (χ1n) is 10.4. The minimum atomic E-state index is -0.705. The average molecular weight is 440 g/mol. The van der Waals surface area contributed by atoms with Gasteiger partial charge >= 0.3 is 5.97 Å². The molecule has 1 saturated heterocycles. The van der Waals surface area contributed by atoms with Crippen LogP contribution in [0.3, 0.4) is 0 Å². The van der Waals surface area contributed by atoms with Gasteiger partial charge in [0.25, 0.3) is 0 Å². The fraction of sp³-hybridized carbons (Fsp3) is 0.348. The Hall–Kier alpha value is -3.27. The normalized spacial score (nSPS) is 16.5. The molecule has 2 aromatic rings. The lowest BCUT2D eigenvalue weighted by Crippen LogP contribution is -2.48. The molecule has 0 bridgehead atoms. The van der Waals surface area contributed by atoms with Crippen molar-refractivity contribution in [2.45, 2.75) is 0 Å². The summed E-state index contributed by atoms with van der Waals surface area (Å²) in [7, 11) is 0. The van der Waals surface area contributed by atoms with Gasteiger partial charge in [-0.1, -0.05) is 12.1 Å². The van der Waals surface area contributed by atoms with E-state index in [4.69, 9.17) is 9.84 Å². The number of hydrogen-bond acceptors (Lipinski definition) is 9. The molecule has 1 aliphatic carbocycles. The molecular formula is C23H24N2O7. The van der Waals surface area contributed by atoms with Crippen molar-refractivity contribution in [1.29, 1.82) is 0 Å². The van der Waals surface area contributed by atoms with Crippen LogP contribution in [0.4, 0.5) is 0 Å². The van der Waals surface area contributed by atoms with Gasteiger partial charge in [-0.05, 0) is 18.2 Å². The Morgan fingerprint density at radius 3 is 2.22 bits per heavy atom. The van der Waals surface area contributed by atoms with Gasteiger partial charge in [-0.25, -0.2) is 4.79 Å². The predicted octanol–water partition coefficient (Wildman–Crippen LogP) is 0.640. The van der Waals surface area contributed by atoms with Crippen molar-refractivity contribution < 1.29 is 34.4 Å². The molecule has 0 aromatic heterocycles. The molecule has 0 unspecified atom stereocenters. The maximum Gasteiger partial charge on any atom is 0.338 e. The number of carbonyl (C=O) groups is 3. The van der Waals surface area contributed by atoms with E-state index in [2.05, 4.69) is 9.80 Å². The molecule has 168 valence electrons. The molecule has 9 nitrogen and oxygen atoms in total. The zero-order valence-corrected chi connectivity index (χ0v) is 17.4. The summed E-state index contributed by atoms with van der Waals surface area (Å²) in [4.78, 5) is 42.5. The number of piperazine rings is 1. The summed E-state index contributed by atoms with van der Waals surface area (Å²) in [5.74, 6) is -2.79. The van der Waals surface area contributed by atoms with Crippen molar-refractivity contribution in [3.63, 3.8) is 0 Å². The van der Waals surface area contributed by atoms with Crippen molar-refractivity contribution in [1.82, 2.24) is 9.80 Å². The van der Waals surface area contributed by atoms with E-state index in [0.717, 1.165) is 32.2 Å². The number of hydrogen-bond donors (Lipinski definition) is 3. The minimum Gasteiger partial charge on any atom is -0.507 e. The number of aliphatic hydroxyl groups is 1. The van der Waals surface area contributed by atoms with Crippen LogP contribution in [0.15, 0.2) is 30.3 Å². The molecule has 4 rings (SSSR count). The monoisotopic (exact) mass is 440 g/mol. The number of fused-ring (bicyclic) bond motifs is 2. The lowest BCUT2D eigenvalue weighted by atomic mass is 9.82. The molecule has 3 N–H and O–H groups in total. The number of aromatic hydroxyl groups is 2. The highest BCUT2D eigenvalue weighted by atomic mass is 16.5. The zero-order valence-electron chi connectivity index (χ0n) is 17.4. The third kappa shape index (κ3) is 4.10. The average Bonchev–Trinajstić information content (AvgIpc) is 2.78. The maximum absolute atomic E-state index is 12.9. The summed E-state index contributed by atoms with van der Waals surface area (Å²) in [5, 5.41) is 29.4. The molecule has 0 radical (unpaired) electrons. The highest BCUT2D eigenvalue weighted by Gasteiger charge is 2.35. The van der Waals surface area contributed by atoms with Gasteiger partial charge in [0.05, 0.1) is 23.3 Å². The summed E-state index contributed by atoms with van der Waals surface area (Å²) < 4.78 is 5.32. The Kier molecular flexibility index (Phi) is 6.22. The van der Waals surface area contributed by atoms with Crippen molar-refractivity contribution in [3.8, 4) is 11.5 Å². The molecular weight excluding hydrogens is 416 g/mol. The third-order valence-electron chi connectivity index (χ3n) is 5.86. The molecule has 1 fully saturated rings. The van der Waals surface area contributed by atoms with E-state index >= 15 is 0 Å². The first kappa shape index (κ1) is 21.9. The standard InChI is InChI=1S/C23H24N2O7/c26-10-8-24-4-6-25(7-5-24)9-11-32-23(31)14-12-16-20(18(28)13-14)22(30)19-15(21(16)29)2-1-3-17(19)27/h1-3,12-13,26-28H,4-11H2. The van der Waals surface area contributed by atoms with E-state index in [9.17, 15) is 24.6 Å². The van der Waals surface area contributed by atoms with Gasteiger partial charge in [-0.15, -0.1) is 0 Å². The summed E-state index contributed by atoms with van der Waals surface area (Å²) in [6.07, 6.45) is 0. The second-order valence-electron chi connectivity index (χ2n) is 7.82. The fourth-order valence-electron chi connectivity index (χ4n) is 4.13. The maximum atomic E-state index is 12.9. The van der Waals surface area contributed by atoms with Gasteiger partial charge in [0.15, 0.2) is 5.78 Å². The number of phenols is 2. The number of ketones is 2. The van der Waals surface area contributed by atoms with E-state index in [1.54, 1.807) is 0 Å². The molecule has 0 amide bonds. The van der Waals surface area contributed by atoms with Crippen LogP contribution in [0, 0.1) is 0 Å².